The van der Waals surface area contributed by atoms with Crippen molar-refractivity contribution in [2.75, 3.05) is 14.2 Å². The van der Waals surface area contributed by atoms with Crippen LogP contribution in [0.15, 0.2) is 42.5 Å². The van der Waals surface area contributed by atoms with Crippen LogP contribution in [0.1, 0.15) is 17.2 Å². The van der Waals surface area contributed by atoms with Crippen LogP contribution in [0.2, 0.25) is 0 Å². The van der Waals surface area contributed by atoms with Crippen molar-refractivity contribution in [2.24, 2.45) is 0 Å². The Bertz CT molecular complexity index is 586. The molecule has 0 aliphatic rings. The van der Waals surface area contributed by atoms with Crippen LogP contribution >= 0.6 is 0 Å². The van der Waals surface area contributed by atoms with Crippen molar-refractivity contribution in [1.29, 1.82) is 0 Å². The summed E-state index contributed by atoms with van der Waals surface area (Å²) >= 11 is 0. The molecule has 0 spiro atoms. The highest BCUT2D eigenvalue weighted by Crippen LogP contribution is 2.30. The van der Waals surface area contributed by atoms with Crippen molar-refractivity contribution < 1.29 is 14.2 Å². The first-order chi connectivity index (χ1) is 9.65. The van der Waals surface area contributed by atoms with E-state index in [1.807, 2.05) is 6.07 Å². The van der Waals surface area contributed by atoms with E-state index in [9.17, 15) is 9.50 Å². The van der Waals surface area contributed by atoms with Crippen molar-refractivity contribution in [1.82, 2.24) is 5.32 Å². The first-order valence-corrected chi connectivity index (χ1v) is 6.43. The Hall–Kier alpha value is -2.07. The normalized spacial score (nSPS) is 12.2. The molecule has 0 saturated heterocycles. The summed E-state index contributed by atoms with van der Waals surface area (Å²) in [5, 5.41) is 12.6. The van der Waals surface area contributed by atoms with E-state index in [2.05, 4.69) is 5.32 Å². The fourth-order valence-electron chi connectivity index (χ4n) is 2.30. The molecule has 20 heavy (non-hydrogen) atoms. The lowest BCUT2D eigenvalue weighted by Gasteiger charge is -2.20. The van der Waals surface area contributed by atoms with E-state index in [1.54, 1.807) is 37.4 Å². The standard InChI is InChI=1S/C16H18FNO2/c1-18-14(10-11-5-3-6-12(19)9-11)16-13(17)7-4-8-15(16)20-2/h3-9,14,18-19H,10H2,1-2H3. The molecule has 2 rings (SSSR count). The van der Waals surface area contributed by atoms with Gasteiger partial charge in [0.05, 0.1) is 7.11 Å². The molecule has 0 radical (unpaired) electrons. The van der Waals surface area contributed by atoms with E-state index in [0.717, 1.165) is 5.56 Å². The molecule has 106 valence electrons. The van der Waals surface area contributed by atoms with Crippen LogP contribution in [0, 0.1) is 5.82 Å². The highest BCUT2D eigenvalue weighted by Gasteiger charge is 2.19. The van der Waals surface area contributed by atoms with Gasteiger partial charge in [-0.2, -0.15) is 0 Å². The van der Waals surface area contributed by atoms with Gasteiger partial charge in [-0.15, -0.1) is 0 Å². The van der Waals surface area contributed by atoms with E-state index in [-0.39, 0.29) is 17.6 Å². The van der Waals surface area contributed by atoms with Crippen LogP contribution in [0.25, 0.3) is 0 Å². The molecule has 0 heterocycles. The van der Waals surface area contributed by atoms with E-state index in [1.165, 1.54) is 13.2 Å². The summed E-state index contributed by atoms with van der Waals surface area (Å²) in [6.45, 7) is 0. The number of ether oxygens (including phenoxy) is 1. The van der Waals surface area contributed by atoms with Crippen molar-refractivity contribution in [3.05, 3.63) is 59.4 Å². The zero-order valence-electron chi connectivity index (χ0n) is 11.6. The second-order valence-corrected chi connectivity index (χ2v) is 4.57. The zero-order chi connectivity index (χ0) is 14.5. The summed E-state index contributed by atoms with van der Waals surface area (Å²) in [6, 6.07) is 11.5. The third-order valence-electron chi connectivity index (χ3n) is 3.28. The van der Waals surface area contributed by atoms with Gasteiger partial charge in [-0.3, -0.25) is 0 Å². The van der Waals surface area contributed by atoms with Gasteiger partial charge in [-0.25, -0.2) is 4.39 Å². The van der Waals surface area contributed by atoms with Crippen molar-refractivity contribution in [3.63, 3.8) is 0 Å². The molecule has 0 amide bonds. The number of methoxy groups -OCH3 is 1. The molecular formula is C16H18FNO2. The number of phenols is 1. The maximum Gasteiger partial charge on any atom is 0.131 e. The lowest BCUT2D eigenvalue weighted by molar-refractivity contribution is 0.393. The molecule has 1 unspecified atom stereocenters. The number of benzene rings is 2. The van der Waals surface area contributed by atoms with Crippen LogP contribution < -0.4 is 10.1 Å². The molecular weight excluding hydrogens is 257 g/mol. The Morgan fingerprint density at radius 1 is 1.25 bits per heavy atom. The van der Waals surface area contributed by atoms with E-state index in [0.29, 0.717) is 17.7 Å². The second kappa shape index (κ2) is 6.39. The van der Waals surface area contributed by atoms with Gasteiger partial charge in [0, 0.05) is 11.6 Å². The summed E-state index contributed by atoms with van der Waals surface area (Å²) < 4.78 is 19.3. The van der Waals surface area contributed by atoms with Gasteiger partial charge in [0.25, 0.3) is 0 Å². The molecule has 0 saturated carbocycles. The summed E-state index contributed by atoms with van der Waals surface area (Å²) in [5.41, 5.74) is 1.43. The van der Waals surface area contributed by atoms with Gasteiger partial charge in [0.1, 0.15) is 17.3 Å². The first kappa shape index (κ1) is 14.3. The summed E-state index contributed by atoms with van der Waals surface area (Å²) in [5.74, 6) is 0.422. The Kier molecular flexibility index (Phi) is 4.58. The minimum absolute atomic E-state index is 0.206. The van der Waals surface area contributed by atoms with E-state index < -0.39 is 0 Å². The van der Waals surface area contributed by atoms with Gasteiger partial charge >= 0.3 is 0 Å². The Morgan fingerprint density at radius 2 is 2.00 bits per heavy atom. The summed E-state index contributed by atoms with van der Waals surface area (Å²) in [4.78, 5) is 0. The molecule has 2 N–H and O–H groups in total. The van der Waals surface area contributed by atoms with E-state index >= 15 is 0 Å². The number of likely N-dealkylation sites (N-methyl/N-ethyl adjacent to an activating group) is 1. The highest BCUT2D eigenvalue weighted by molar-refractivity contribution is 5.39. The molecule has 0 fully saturated rings. The minimum Gasteiger partial charge on any atom is -0.508 e. The number of phenolic OH excluding ortho intramolecular Hbond substituents is 1. The average molecular weight is 275 g/mol. The number of hydrogen-bond acceptors (Lipinski definition) is 3. The molecule has 1 atom stereocenters. The molecule has 2 aromatic carbocycles. The highest BCUT2D eigenvalue weighted by atomic mass is 19.1. The number of aromatic hydroxyl groups is 1. The molecule has 0 bridgehead atoms. The first-order valence-electron chi connectivity index (χ1n) is 6.43. The molecule has 2 aromatic rings. The van der Waals surface area contributed by atoms with Crippen molar-refractivity contribution in [3.8, 4) is 11.5 Å². The minimum atomic E-state index is -0.302. The van der Waals surface area contributed by atoms with Crippen LogP contribution in [0.4, 0.5) is 4.39 Å². The molecule has 4 heteroatoms. The molecule has 0 aliphatic carbocycles. The predicted molar refractivity (Wildman–Crippen MR) is 76.6 cm³/mol. The van der Waals surface area contributed by atoms with Crippen LogP contribution in [0.5, 0.6) is 11.5 Å². The third kappa shape index (κ3) is 3.08. The average Bonchev–Trinajstić information content (AvgIpc) is 2.45. The Balaban J connectivity index is 2.33. The topological polar surface area (TPSA) is 41.5 Å². The van der Waals surface area contributed by atoms with Crippen LogP contribution in [-0.4, -0.2) is 19.3 Å². The summed E-state index contributed by atoms with van der Waals surface area (Å²) in [7, 11) is 3.30. The van der Waals surface area contributed by atoms with Gasteiger partial charge in [0.15, 0.2) is 0 Å². The Labute approximate surface area is 118 Å². The van der Waals surface area contributed by atoms with Crippen LogP contribution in [0.3, 0.4) is 0 Å². The van der Waals surface area contributed by atoms with Gasteiger partial charge in [0.2, 0.25) is 0 Å². The van der Waals surface area contributed by atoms with Crippen LogP contribution in [-0.2, 0) is 6.42 Å². The predicted octanol–water partition coefficient (Wildman–Crippen LogP) is 3.04. The van der Waals surface area contributed by atoms with Crippen molar-refractivity contribution >= 4 is 0 Å². The largest absolute Gasteiger partial charge is 0.508 e. The second-order valence-electron chi connectivity index (χ2n) is 4.57. The molecule has 3 nitrogen and oxygen atoms in total. The quantitative estimate of drug-likeness (QED) is 0.881. The monoisotopic (exact) mass is 275 g/mol. The number of rotatable bonds is 5. The maximum atomic E-state index is 14.1. The SMILES string of the molecule is CNC(Cc1cccc(O)c1)c1c(F)cccc1OC. The van der Waals surface area contributed by atoms with Gasteiger partial charge in [-0.1, -0.05) is 18.2 Å². The van der Waals surface area contributed by atoms with Gasteiger partial charge < -0.3 is 15.2 Å². The van der Waals surface area contributed by atoms with Crippen molar-refractivity contribution in [2.45, 2.75) is 12.5 Å². The van der Waals surface area contributed by atoms with E-state index in [4.69, 9.17) is 4.74 Å². The fraction of sp³-hybridized carbons (Fsp3) is 0.250. The third-order valence-corrected chi connectivity index (χ3v) is 3.28. The van der Waals surface area contributed by atoms with Gasteiger partial charge in [-0.05, 0) is 43.3 Å². The zero-order valence-corrected chi connectivity index (χ0v) is 11.6. The Morgan fingerprint density at radius 3 is 2.65 bits per heavy atom. The lowest BCUT2D eigenvalue weighted by Crippen LogP contribution is -2.21. The number of hydrogen-bond donors (Lipinski definition) is 2. The summed E-state index contributed by atoms with van der Waals surface area (Å²) in [6.07, 6.45) is 0.558. The number of nitrogens with one attached hydrogen (secondary N) is 1. The number of halogens is 1. The smallest absolute Gasteiger partial charge is 0.131 e. The lowest BCUT2D eigenvalue weighted by atomic mass is 9.97. The fourth-order valence-corrected chi connectivity index (χ4v) is 2.30. The maximum absolute atomic E-state index is 14.1. The molecule has 0 aliphatic heterocycles. The molecule has 0 aromatic heterocycles.